The van der Waals surface area contributed by atoms with Crippen LogP contribution in [0.5, 0.6) is 0 Å². The van der Waals surface area contributed by atoms with Crippen LogP contribution in [0, 0.1) is 0 Å². The minimum atomic E-state index is -0.964. The molecule has 0 saturated carbocycles. The summed E-state index contributed by atoms with van der Waals surface area (Å²) in [6.45, 7) is 0. The molecule has 0 aliphatic rings. The number of hydrogen-bond donors (Lipinski definition) is 0. The van der Waals surface area contributed by atoms with Crippen molar-refractivity contribution in [1.29, 1.82) is 0 Å². The number of furan rings is 1. The SMILES string of the molecule is [2H]c1cc(-c2c([2H])c([2H])c([2H])c3c([2H])c([2H])c([2H])c([2H])c23)c([2H])c([2H])c1-c1c2c([2H])c([2H])c([2H])c([2H])c2c(-c2c([2H])c([2H])c3oc4c([2H])c([2H])c([2H])c([2H])c4c3c2[2H])c2c([2H])c([2H])c([2H])c([2H])c12. The Labute approximate surface area is 284 Å². The topological polar surface area (TPSA) is 13.1 Å². The van der Waals surface area contributed by atoms with Crippen LogP contribution < -0.4 is 0 Å². The number of hydrogen-bond acceptors (Lipinski definition) is 1. The van der Waals surface area contributed by atoms with Gasteiger partial charge in [-0.05, 0) is 83.8 Å². The van der Waals surface area contributed by atoms with Crippen molar-refractivity contribution >= 4 is 54.3 Å². The van der Waals surface area contributed by atoms with Crippen molar-refractivity contribution in [2.45, 2.75) is 0 Å². The molecule has 0 bridgehead atoms. The van der Waals surface area contributed by atoms with Gasteiger partial charge in [0.15, 0.2) is 0 Å². The van der Waals surface area contributed by atoms with Crippen LogP contribution >= 0.6 is 0 Å². The van der Waals surface area contributed by atoms with Gasteiger partial charge in [0.1, 0.15) is 11.2 Å². The monoisotopic (exact) mass is 571 g/mol. The van der Waals surface area contributed by atoms with Crippen molar-refractivity contribution in [3.05, 3.63) is 157 Å². The predicted octanol–water partition coefficient (Wildman–Crippen LogP) is 12.0. The molecule has 8 aromatic carbocycles. The summed E-state index contributed by atoms with van der Waals surface area (Å²) in [6, 6.07) is -20.0. The first kappa shape index (κ1) is 9.97. The van der Waals surface area contributed by atoms with Crippen molar-refractivity contribution < 1.29 is 38.7 Å². The molecule has 0 amide bonds. The molecule has 0 aliphatic carbocycles. The van der Waals surface area contributed by atoms with Gasteiger partial charge in [-0.15, -0.1) is 0 Å². The van der Waals surface area contributed by atoms with Gasteiger partial charge < -0.3 is 4.42 Å². The van der Waals surface area contributed by atoms with Gasteiger partial charge in [0.05, 0.1) is 34.3 Å². The zero-order valence-corrected chi connectivity index (χ0v) is 21.5. The fourth-order valence-electron chi connectivity index (χ4n) is 5.18. The quantitative estimate of drug-likeness (QED) is 0.192. The lowest BCUT2D eigenvalue weighted by atomic mass is 9.85. The summed E-state index contributed by atoms with van der Waals surface area (Å²) in [5, 5.41) is -4.38. The first-order valence-electron chi connectivity index (χ1n) is 25.2. The highest BCUT2D eigenvalue weighted by Gasteiger charge is 2.18. The molecule has 0 spiro atoms. The molecule has 0 atom stereocenters. The third-order valence-electron chi connectivity index (χ3n) is 7.03. The highest BCUT2D eigenvalue weighted by Crippen LogP contribution is 2.45. The van der Waals surface area contributed by atoms with Gasteiger partial charge in [0.2, 0.25) is 0 Å². The zero-order chi connectivity index (χ0) is 50.1. The van der Waals surface area contributed by atoms with Gasteiger partial charge in [-0.2, -0.15) is 0 Å². The lowest BCUT2D eigenvalue weighted by molar-refractivity contribution is 0.669. The normalized spacial score (nSPS) is 19.9. The van der Waals surface area contributed by atoms with Crippen LogP contribution in [-0.2, 0) is 0 Å². The molecule has 1 heteroatoms. The number of para-hydroxylation sites is 1. The van der Waals surface area contributed by atoms with E-state index in [0.29, 0.717) is 0 Å². The maximum atomic E-state index is 9.60. The van der Waals surface area contributed by atoms with Crippen LogP contribution in [0.25, 0.3) is 87.6 Å². The molecule has 9 aromatic rings. The van der Waals surface area contributed by atoms with E-state index in [0.717, 1.165) is 6.07 Å². The maximum absolute atomic E-state index is 9.60. The molecule has 200 valence electrons. The Hall–Kier alpha value is -5.66. The summed E-state index contributed by atoms with van der Waals surface area (Å²) in [4.78, 5) is 0. The maximum Gasteiger partial charge on any atom is 0.135 e. The average molecular weight is 572 g/mol. The highest BCUT2D eigenvalue weighted by molar-refractivity contribution is 6.22. The lowest BCUT2D eigenvalue weighted by Gasteiger charge is -2.18. The van der Waals surface area contributed by atoms with E-state index in [1.165, 1.54) is 0 Å². The van der Waals surface area contributed by atoms with Crippen molar-refractivity contribution in [3.8, 4) is 33.4 Å². The number of benzene rings is 8. The van der Waals surface area contributed by atoms with E-state index in [2.05, 4.69) is 0 Å². The highest BCUT2D eigenvalue weighted by atomic mass is 16.3. The van der Waals surface area contributed by atoms with Gasteiger partial charge >= 0.3 is 0 Å². The Bertz CT molecular complexity index is 3820. The molecule has 0 N–H and O–H groups in total. The standard InChI is InChI=1S/C42H26O/c1-2-12-31-27(10-1)11-9-18-32(31)28-20-22-29(23-21-28)41-34-14-3-5-16-36(34)42(37-17-6-4-15-35(37)41)30-24-25-40-38(26-30)33-13-7-8-19-39(33)43-40/h1-26H/i1D,2D,3D,4D,5D,6D,7D,8D,9D,10D,11D,12D,13D,14D,15D,16D,17D,18D,19D,20D,22D,23D,24D,25D,26D. The molecule has 0 radical (unpaired) electrons. The second kappa shape index (κ2) is 9.44. The minimum Gasteiger partial charge on any atom is -0.456 e. The molecular formula is C42H26O. The first-order valence-corrected chi connectivity index (χ1v) is 12.7. The molecule has 43 heavy (non-hydrogen) atoms. The van der Waals surface area contributed by atoms with E-state index in [4.69, 9.17) is 26.3 Å². The van der Waals surface area contributed by atoms with Crippen LogP contribution in [0.2, 0.25) is 0 Å². The van der Waals surface area contributed by atoms with Gasteiger partial charge in [-0.3, -0.25) is 0 Å². The van der Waals surface area contributed by atoms with Crippen LogP contribution in [-0.4, -0.2) is 0 Å². The zero-order valence-electron chi connectivity index (χ0n) is 46.5. The second-order valence-electron chi connectivity index (χ2n) is 9.34. The number of rotatable bonds is 3. The van der Waals surface area contributed by atoms with E-state index >= 15 is 0 Å². The minimum absolute atomic E-state index is 0.394. The molecule has 1 heterocycles. The molecule has 9 rings (SSSR count). The van der Waals surface area contributed by atoms with E-state index in [-0.39, 0.29) is 0 Å². The average Bonchev–Trinajstić information content (AvgIpc) is 3.72. The Kier molecular flexibility index (Phi) is 2.19. The van der Waals surface area contributed by atoms with Crippen LogP contribution in [0.15, 0.2) is 162 Å². The Morgan fingerprint density at radius 2 is 0.907 bits per heavy atom. The van der Waals surface area contributed by atoms with Crippen molar-refractivity contribution in [2.75, 3.05) is 0 Å². The van der Waals surface area contributed by atoms with Gasteiger partial charge in [0, 0.05) is 10.8 Å². The largest absolute Gasteiger partial charge is 0.456 e. The van der Waals surface area contributed by atoms with Crippen LogP contribution in [0.1, 0.15) is 34.3 Å². The fraction of sp³-hybridized carbons (Fsp3) is 0. The molecule has 0 fully saturated rings. The van der Waals surface area contributed by atoms with Crippen molar-refractivity contribution in [1.82, 2.24) is 0 Å². The summed E-state index contributed by atoms with van der Waals surface area (Å²) in [6.07, 6.45) is 0. The summed E-state index contributed by atoms with van der Waals surface area (Å²) in [5.74, 6) is 0. The molecule has 0 aliphatic heterocycles. The van der Waals surface area contributed by atoms with Gasteiger partial charge in [-0.1, -0.05) is 139 Å². The fourth-order valence-corrected chi connectivity index (χ4v) is 5.18. The van der Waals surface area contributed by atoms with Gasteiger partial charge in [0.25, 0.3) is 0 Å². The van der Waals surface area contributed by atoms with Crippen molar-refractivity contribution in [3.63, 3.8) is 0 Å². The smallest absolute Gasteiger partial charge is 0.135 e. The van der Waals surface area contributed by atoms with Crippen LogP contribution in [0.4, 0.5) is 0 Å². The Morgan fingerprint density at radius 1 is 0.372 bits per heavy atom. The summed E-state index contributed by atoms with van der Waals surface area (Å²) < 4.78 is 228. The Morgan fingerprint density at radius 3 is 1.65 bits per heavy atom. The molecule has 1 nitrogen and oxygen atoms in total. The van der Waals surface area contributed by atoms with E-state index < -0.39 is 239 Å². The third-order valence-corrected chi connectivity index (χ3v) is 7.03. The molecule has 0 saturated heterocycles. The molecular weight excluding hydrogens is 520 g/mol. The van der Waals surface area contributed by atoms with Crippen molar-refractivity contribution in [2.24, 2.45) is 0 Å². The van der Waals surface area contributed by atoms with E-state index in [1.807, 2.05) is 0 Å². The lowest BCUT2D eigenvalue weighted by Crippen LogP contribution is -1.91. The Balaban J connectivity index is 1.54. The number of fused-ring (bicyclic) bond motifs is 6. The predicted molar refractivity (Wildman–Crippen MR) is 183 cm³/mol. The summed E-state index contributed by atoms with van der Waals surface area (Å²) >= 11 is 0. The molecule has 1 aromatic heterocycles. The molecule has 0 unspecified atom stereocenters. The second-order valence-corrected chi connectivity index (χ2v) is 9.34. The summed E-state index contributed by atoms with van der Waals surface area (Å²) in [5.41, 5.74) is -4.67. The van der Waals surface area contributed by atoms with E-state index in [9.17, 15) is 12.3 Å². The van der Waals surface area contributed by atoms with Crippen LogP contribution in [0.3, 0.4) is 0 Å². The van der Waals surface area contributed by atoms with Gasteiger partial charge in [-0.25, -0.2) is 0 Å². The summed E-state index contributed by atoms with van der Waals surface area (Å²) in [7, 11) is 0. The third kappa shape index (κ3) is 3.72. The first-order chi connectivity index (χ1) is 31.7. The van der Waals surface area contributed by atoms with E-state index in [1.54, 1.807) is 0 Å².